The van der Waals surface area contributed by atoms with Crippen molar-refractivity contribution < 1.29 is 14.0 Å². The smallest absolute Gasteiger partial charge is 0.267 e. The van der Waals surface area contributed by atoms with E-state index in [1.165, 1.54) is 16.7 Å². The summed E-state index contributed by atoms with van der Waals surface area (Å²) in [6.07, 6.45) is 2.35. The minimum atomic E-state index is -0.201. The van der Waals surface area contributed by atoms with Gasteiger partial charge in [0.15, 0.2) is 0 Å². The highest BCUT2D eigenvalue weighted by atomic mass is 32.2. The molecule has 2 amide bonds. The molecule has 1 aromatic carbocycles. The van der Waals surface area contributed by atoms with Crippen LogP contribution in [0, 0.1) is 6.92 Å². The minimum Gasteiger partial charge on any atom is -0.468 e. The van der Waals surface area contributed by atoms with Gasteiger partial charge in [0, 0.05) is 6.54 Å². The topological polar surface area (TPSA) is 50.5 Å². The Kier molecular flexibility index (Phi) is 4.90. The Labute approximate surface area is 145 Å². The van der Waals surface area contributed by atoms with Crippen molar-refractivity contribution in [2.24, 2.45) is 0 Å². The fourth-order valence-electron chi connectivity index (χ4n) is 2.63. The highest BCUT2D eigenvalue weighted by molar-refractivity contribution is 8.03. The van der Waals surface area contributed by atoms with E-state index in [2.05, 4.69) is 0 Å². The van der Waals surface area contributed by atoms with Gasteiger partial charge >= 0.3 is 0 Å². The van der Waals surface area contributed by atoms with E-state index in [4.69, 9.17) is 4.42 Å². The number of thioether (sulfide) groups is 1. The van der Waals surface area contributed by atoms with Crippen molar-refractivity contribution in [3.8, 4) is 0 Å². The van der Waals surface area contributed by atoms with Crippen molar-refractivity contribution in [2.75, 3.05) is 6.54 Å². The van der Waals surface area contributed by atoms with E-state index in [0.717, 1.165) is 23.3 Å². The summed E-state index contributed by atoms with van der Waals surface area (Å²) in [6.45, 7) is 4.40. The first-order valence-electron chi connectivity index (χ1n) is 7.94. The number of carbonyl (C=O) groups excluding carboxylic acids is 2. The maximum absolute atomic E-state index is 12.8. The van der Waals surface area contributed by atoms with Gasteiger partial charge in [-0.3, -0.25) is 14.5 Å². The van der Waals surface area contributed by atoms with Crippen molar-refractivity contribution in [3.05, 3.63) is 64.5 Å². The molecule has 0 N–H and O–H groups in total. The molecular formula is C19H19NO3S. The highest BCUT2D eigenvalue weighted by Crippen LogP contribution is 2.37. The second kappa shape index (κ2) is 7.09. The van der Waals surface area contributed by atoms with E-state index < -0.39 is 0 Å². The van der Waals surface area contributed by atoms with Crippen LogP contribution >= 0.6 is 11.8 Å². The lowest BCUT2D eigenvalue weighted by Gasteiger charge is -2.13. The Bertz CT molecular complexity index is 775. The molecule has 2 aromatic rings. The Morgan fingerprint density at radius 2 is 1.83 bits per heavy atom. The summed E-state index contributed by atoms with van der Waals surface area (Å²) >= 11 is 1.36. The van der Waals surface area contributed by atoms with Crippen molar-refractivity contribution in [3.63, 3.8) is 0 Å². The van der Waals surface area contributed by atoms with Crippen LogP contribution in [0.15, 0.2) is 52.0 Å². The lowest BCUT2D eigenvalue weighted by Crippen LogP contribution is -2.32. The van der Waals surface area contributed by atoms with Crippen LogP contribution < -0.4 is 0 Å². The first kappa shape index (κ1) is 16.6. The quantitative estimate of drug-likeness (QED) is 0.745. The predicted octanol–water partition coefficient (Wildman–Crippen LogP) is 4.01. The molecule has 0 fully saturated rings. The number of hydrogen-bond donors (Lipinski definition) is 0. The summed E-state index contributed by atoms with van der Waals surface area (Å²) in [4.78, 5) is 27.3. The van der Waals surface area contributed by atoms with E-state index >= 15 is 0 Å². The van der Waals surface area contributed by atoms with Crippen molar-refractivity contribution in [2.45, 2.75) is 26.0 Å². The average molecular weight is 341 g/mol. The second-order valence-electron chi connectivity index (χ2n) is 5.70. The number of benzene rings is 1. The highest BCUT2D eigenvalue weighted by Gasteiger charge is 2.38. The van der Waals surface area contributed by atoms with Gasteiger partial charge in [0.2, 0.25) is 0 Å². The Hall–Kier alpha value is -2.27. The number of furan rings is 1. The summed E-state index contributed by atoms with van der Waals surface area (Å²) < 4.78 is 5.33. The molecule has 0 bridgehead atoms. The van der Waals surface area contributed by atoms with Gasteiger partial charge in [0.25, 0.3) is 11.8 Å². The molecule has 3 rings (SSSR count). The van der Waals surface area contributed by atoms with Crippen LogP contribution in [0.4, 0.5) is 0 Å². The summed E-state index contributed by atoms with van der Waals surface area (Å²) in [5, 5.41) is 0. The van der Waals surface area contributed by atoms with Gasteiger partial charge < -0.3 is 4.42 Å². The van der Waals surface area contributed by atoms with Crippen LogP contribution in [0.3, 0.4) is 0 Å². The molecule has 0 aliphatic carbocycles. The zero-order chi connectivity index (χ0) is 17.1. The van der Waals surface area contributed by atoms with Crippen LogP contribution in [-0.4, -0.2) is 23.3 Å². The van der Waals surface area contributed by atoms with Crippen LogP contribution in [-0.2, 0) is 15.3 Å². The third kappa shape index (κ3) is 3.17. The number of imide groups is 1. The van der Waals surface area contributed by atoms with Gasteiger partial charge in [0.05, 0.1) is 22.5 Å². The monoisotopic (exact) mass is 341 g/mol. The van der Waals surface area contributed by atoms with Crippen LogP contribution in [0.5, 0.6) is 0 Å². The molecular weight excluding hydrogens is 322 g/mol. The summed E-state index contributed by atoms with van der Waals surface area (Å²) in [5.41, 5.74) is 2.41. The number of amides is 2. The van der Waals surface area contributed by atoms with Crippen LogP contribution in [0.25, 0.3) is 5.57 Å². The molecule has 0 radical (unpaired) electrons. The number of rotatable bonds is 6. The number of aryl methyl sites for hydroxylation is 1. The largest absolute Gasteiger partial charge is 0.468 e. The van der Waals surface area contributed by atoms with Gasteiger partial charge in [-0.25, -0.2) is 0 Å². The van der Waals surface area contributed by atoms with Gasteiger partial charge in [-0.1, -0.05) is 36.8 Å². The van der Waals surface area contributed by atoms with Crippen LogP contribution in [0.1, 0.15) is 30.2 Å². The molecule has 0 saturated carbocycles. The zero-order valence-corrected chi connectivity index (χ0v) is 14.6. The average Bonchev–Trinajstić information content (AvgIpc) is 3.16. The summed E-state index contributed by atoms with van der Waals surface area (Å²) in [7, 11) is 0. The minimum absolute atomic E-state index is 0.200. The molecule has 0 saturated heterocycles. The Morgan fingerprint density at radius 1 is 1.08 bits per heavy atom. The van der Waals surface area contributed by atoms with Crippen LogP contribution in [0.2, 0.25) is 0 Å². The van der Waals surface area contributed by atoms with Gasteiger partial charge in [-0.15, -0.1) is 11.8 Å². The molecule has 1 aromatic heterocycles. The molecule has 24 heavy (non-hydrogen) atoms. The fourth-order valence-corrected chi connectivity index (χ4v) is 3.66. The van der Waals surface area contributed by atoms with E-state index in [-0.39, 0.29) is 11.8 Å². The van der Waals surface area contributed by atoms with Gasteiger partial charge in [-0.2, -0.15) is 0 Å². The number of carbonyl (C=O) groups is 2. The third-order valence-corrected chi connectivity index (χ3v) is 4.95. The molecule has 5 heteroatoms. The molecule has 1 aliphatic heterocycles. The zero-order valence-electron chi connectivity index (χ0n) is 13.7. The normalized spacial score (nSPS) is 14.8. The second-order valence-corrected chi connectivity index (χ2v) is 6.69. The van der Waals surface area contributed by atoms with Gasteiger partial charge in [0.1, 0.15) is 5.76 Å². The molecule has 124 valence electrons. The maximum Gasteiger partial charge on any atom is 0.267 e. The molecule has 0 unspecified atom stereocenters. The standard InChI is InChI=1S/C19H19NO3S/c1-3-10-20-18(21)16(14-8-6-13(2)7-9-14)17(19(20)22)24-12-15-5-4-11-23-15/h4-9,11H,3,10,12H2,1-2H3. The maximum atomic E-state index is 12.8. The number of hydrogen-bond acceptors (Lipinski definition) is 4. The van der Waals surface area contributed by atoms with E-state index in [0.29, 0.717) is 22.8 Å². The first-order chi connectivity index (χ1) is 11.6. The third-order valence-electron chi connectivity index (χ3n) is 3.85. The Balaban J connectivity index is 1.96. The first-order valence-corrected chi connectivity index (χ1v) is 8.93. The molecule has 2 heterocycles. The van der Waals surface area contributed by atoms with Crippen molar-refractivity contribution in [1.29, 1.82) is 0 Å². The summed E-state index contributed by atoms with van der Waals surface area (Å²) in [5.74, 6) is 0.906. The predicted molar refractivity (Wildman–Crippen MR) is 95.1 cm³/mol. The molecule has 0 spiro atoms. The van der Waals surface area contributed by atoms with Crippen molar-refractivity contribution in [1.82, 2.24) is 4.90 Å². The van der Waals surface area contributed by atoms with Crippen molar-refractivity contribution >= 4 is 29.1 Å². The Morgan fingerprint density at radius 3 is 2.46 bits per heavy atom. The summed E-state index contributed by atoms with van der Waals surface area (Å²) in [6, 6.07) is 11.4. The molecule has 1 aliphatic rings. The lowest BCUT2D eigenvalue weighted by molar-refractivity contribution is -0.136. The SMILES string of the molecule is CCCN1C(=O)C(SCc2ccco2)=C(c2ccc(C)cc2)C1=O. The lowest BCUT2D eigenvalue weighted by atomic mass is 10.0. The van der Waals surface area contributed by atoms with E-state index in [1.807, 2.05) is 50.2 Å². The molecule has 0 atom stereocenters. The van der Waals surface area contributed by atoms with Gasteiger partial charge in [-0.05, 0) is 31.0 Å². The number of nitrogens with zero attached hydrogens (tertiary/aromatic N) is 1. The fraction of sp³-hybridized carbons (Fsp3) is 0.263. The van der Waals surface area contributed by atoms with E-state index in [9.17, 15) is 9.59 Å². The molecule has 4 nitrogen and oxygen atoms in total. The van der Waals surface area contributed by atoms with E-state index in [1.54, 1.807) is 6.26 Å².